The third-order valence-electron chi connectivity index (χ3n) is 3.90. The average molecular weight is 262 g/mol. The maximum Gasteiger partial charge on any atom is 0.119 e. The summed E-state index contributed by atoms with van der Waals surface area (Å²) >= 11 is 0. The second kappa shape index (κ2) is 6.92. The van der Waals surface area contributed by atoms with Gasteiger partial charge in [-0.1, -0.05) is 26.0 Å². The molecule has 1 aromatic carbocycles. The molecule has 3 heteroatoms. The molecule has 0 aliphatic carbocycles. The fourth-order valence-corrected chi connectivity index (χ4v) is 2.84. The maximum atomic E-state index is 5.33. The molecule has 1 fully saturated rings. The fourth-order valence-electron chi connectivity index (χ4n) is 2.84. The molecule has 1 aliphatic heterocycles. The highest BCUT2D eigenvalue weighted by atomic mass is 16.5. The van der Waals surface area contributed by atoms with E-state index in [2.05, 4.69) is 42.3 Å². The van der Waals surface area contributed by atoms with E-state index in [0.29, 0.717) is 6.04 Å². The van der Waals surface area contributed by atoms with Gasteiger partial charge in [-0.25, -0.2) is 0 Å². The van der Waals surface area contributed by atoms with E-state index in [1.807, 2.05) is 6.07 Å². The van der Waals surface area contributed by atoms with Crippen molar-refractivity contribution in [2.75, 3.05) is 33.3 Å². The van der Waals surface area contributed by atoms with Crippen LogP contribution in [0.5, 0.6) is 5.75 Å². The lowest BCUT2D eigenvalue weighted by molar-refractivity contribution is 0.286. The summed E-state index contributed by atoms with van der Waals surface area (Å²) in [5, 5.41) is 3.59. The van der Waals surface area contributed by atoms with Crippen LogP contribution in [0.1, 0.15) is 31.9 Å². The molecular weight excluding hydrogens is 236 g/mol. The number of likely N-dealkylation sites (tertiary alicyclic amines) is 1. The molecule has 1 N–H and O–H groups in total. The second-order valence-electron chi connectivity index (χ2n) is 5.54. The van der Waals surface area contributed by atoms with Crippen LogP contribution in [0.2, 0.25) is 0 Å². The van der Waals surface area contributed by atoms with Gasteiger partial charge in [0.2, 0.25) is 0 Å². The number of nitrogens with one attached hydrogen (secondary N) is 1. The van der Waals surface area contributed by atoms with E-state index in [9.17, 15) is 0 Å². The highest BCUT2D eigenvalue weighted by Crippen LogP contribution is 2.23. The number of hydrogen-bond acceptors (Lipinski definition) is 3. The number of hydrogen-bond donors (Lipinski definition) is 1. The van der Waals surface area contributed by atoms with Crippen LogP contribution in [-0.4, -0.2) is 38.2 Å². The van der Waals surface area contributed by atoms with Crippen LogP contribution in [0.4, 0.5) is 0 Å². The van der Waals surface area contributed by atoms with E-state index >= 15 is 0 Å². The minimum absolute atomic E-state index is 0.394. The molecule has 0 amide bonds. The SMILES string of the molecule is CCNC(CN1CCC(C)C1)c1cccc(OC)c1. The van der Waals surface area contributed by atoms with E-state index in [4.69, 9.17) is 4.74 Å². The van der Waals surface area contributed by atoms with Crippen LogP contribution in [0, 0.1) is 5.92 Å². The Kier molecular flexibility index (Phi) is 5.23. The number of likely N-dealkylation sites (N-methyl/N-ethyl adjacent to an activating group) is 1. The summed E-state index contributed by atoms with van der Waals surface area (Å²) in [6.07, 6.45) is 1.33. The molecular formula is C16H26N2O. The molecule has 0 aromatic heterocycles. The van der Waals surface area contributed by atoms with Gasteiger partial charge < -0.3 is 15.0 Å². The molecule has 0 spiro atoms. The van der Waals surface area contributed by atoms with Crippen molar-refractivity contribution in [1.82, 2.24) is 10.2 Å². The topological polar surface area (TPSA) is 24.5 Å². The van der Waals surface area contributed by atoms with Crippen LogP contribution in [0.25, 0.3) is 0 Å². The molecule has 106 valence electrons. The third kappa shape index (κ3) is 3.95. The Hall–Kier alpha value is -1.06. The monoisotopic (exact) mass is 262 g/mol. The average Bonchev–Trinajstić information content (AvgIpc) is 2.84. The zero-order chi connectivity index (χ0) is 13.7. The summed E-state index contributed by atoms with van der Waals surface area (Å²) in [5.74, 6) is 1.78. The highest BCUT2D eigenvalue weighted by Gasteiger charge is 2.22. The Morgan fingerprint density at radius 1 is 1.47 bits per heavy atom. The number of benzene rings is 1. The van der Waals surface area contributed by atoms with Gasteiger partial charge in [0.25, 0.3) is 0 Å². The van der Waals surface area contributed by atoms with E-state index in [1.165, 1.54) is 25.1 Å². The molecule has 19 heavy (non-hydrogen) atoms. The largest absolute Gasteiger partial charge is 0.497 e. The van der Waals surface area contributed by atoms with Gasteiger partial charge in [0.1, 0.15) is 5.75 Å². The van der Waals surface area contributed by atoms with Crippen molar-refractivity contribution in [2.45, 2.75) is 26.3 Å². The Labute approximate surface area is 116 Å². The smallest absolute Gasteiger partial charge is 0.119 e. The highest BCUT2D eigenvalue weighted by molar-refractivity contribution is 5.30. The van der Waals surface area contributed by atoms with Gasteiger partial charge in [-0.3, -0.25) is 0 Å². The first-order valence-electron chi connectivity index (χ1n) is 7.32. The molecule has 0 saturated carbocycles. The number of ether oxygens (including phenoxy) is 1. The molecule has 1 aromatic rings. The van der Waals surface area contributed by atoms with Gasteiger partial charge >= 0.3 is 0 Å². The predicted molar refractivity (Wildman–Crippen MR) is 79.6 cm³/mol. The number of methoxy groups -OCH3 is 1. The van der Waals surface area contributed by atoms with E-state index in [1.54, 1.807) is 7.11 Å². The Balaban J connectivity index is 2.05. The van der Waals surface area contributed by atoms with Crippen LogP contribution in [-0.2, 0) is 0 Å². The first-order valence-corrected chi connectivity index (χ1v) is 7.32. The Morgan fingerprint density at radius 3 is 2.95 bits per heavy atom. The minimum Gasteiger partial charge on any atom is -0.497 e. The first kappa shape index (κ1) is 14.4. The molecule has 1 saturated heterocycles. The molecule has 0 bridgehead atoms. The Bertz CT molecular complexity index is 394. The van der Waals surface area contributed by atoms with Crippen LogP contribution >= 0.6 is 0 Å². The lowest BCUT2D eigenvalue weighted by Gasteiger charge is -2.25. The van der Waals surface area contributed by atoms with Crippen molar-refractivity contribution in [1.29, 1.82) is 0 Å². The molecule has 1 heterocycles. The van der Waals surface area contributed by atoms with Crippen molar-refractivity contribution in [3.05, 3.63) is 29.8 Å². The quantitative estimate of drug-likeness (QED) is 0.853. The second-order valence-corrected chi connectivity index (χ2v) is 5.54. The molecule has 2 unspecified atom stereocenters. The zero-order valence-corrected chi connectivity index (χ0v) is 12.4. The predicted octanol–water partition coefficient (Wildman–Crippen LogP) is 2.69. The maximum absolute atomic E-state index is 5.33. The van der Waals surface area contributed by atoms with Gasteiger partial charge in [-0.15, -0.1) is 0 Å². The van der Waals surface area contributed by atoms with Crippen LogP contribution < -0.4 is 10.1 Å². The summed E-state index contributed by atoms with van der Waals surface area (Å²) in [6.45, 7) is 9.04. The van der Waals surface area contributed by atoms with Crippen molar-refractivity contribution in [2.24, 2.45) is 5.92 Å². The number of nitrogens with zero attached hydrogens (tertiary/aromatic N) is 1. The van der Waals surface area contributed by atoms with Gasteiger partial charge in [0.15, 0.2) is 0 Å². The van der Waals surface area contributed by atoms with E-state index < -0.39 is 0 Å². The van der Waals surface area contributed by atoms with Crippen molar-refractivity contribution in [3.63, 3.8) is 0 Å². The van der Waals surface area contributed by atoms with E-state index in [0.717, 1.165) is 24.8 Å². The van der Waals surface area contributed by atoms with Crippen LogP contribution in [0.15, 0.2) is 24.3 Å². The van der Waals surface area contributed by atoms with Gasteiger partial charge in [-0.05, 0) is 43.1 Å². The van der Waals surface area contributed by atoms with Crippen molar-refractivity contribution in [3.8, 4) is 5.75 Å². The minimum atomic E-state index is 0.394. The Morgan fingerprint density at radius 2 is 2.32 bits per heavy atom. The lowest BCUT2D eigenvalue weighted by Crippen LogP contribution is -2.34. The van der Waals surface area contributed by atoms with Gasteiger partial charge in [0.05, 0.1) is 7.11 Å². The summed E-state index contributed by atoms with van der Waals surface area (Å²) in [6, 6.07) is 8.81. The molecule has 3 nitrogen and oxygen atoms in total. The third-order valence-corrected chi connectivity index (χ3v) is 3.90. The standard InChI is InChI=1S/C16H26N2O/c1-4-17-16(12-18-9-8-13(2)11-18)14-6-5-7-15(10-14)19-3/h5-7,10,13,16-17H,4,8-9,11-12H2,1-3H3. The summed E-state index contributed by atoms with van der Waals surface area (Å²) in [7, 11) is 1.73. The summed E-state index contributed by atoms with van der Waals surface area (Å²) < 4.78 is 5.33. The number of rotatable bonds is 6. The molecule has 2 atom stereocenters. The van der Waals surface area contributed by atoms with Gasteiger partial charge in [0, 0.05) is 19.1 Å². The zero-order valence-electron chi connectivity index (χ0n) is 12.4. The molecule has 2 rings (SSSR count). The lowest BCUT2D eigenvalue weighted by atomic mass is 10.1. The van der Waals surface area contributed by atoms with Crippen LogP contribution in [0.3, 0.4) is 0 Å². The normalized spacial score (nSPS) is 21.5. The summed E-state index contributed by atoms with van der Waals surface area (Å²) in [4.78, 5) is 2.57. The first-order chi connectivity index (χ1) is 9.22. The molecule has 0 radical (unpaired) electrons. The van der Waals surface area contributed by atoms with Crippen molar-refractivity contribution >= 4 is 0 Å². The summed E-state index contributed by atoms with van der Waals surface area (Å²) in [5.41, 5.74) is 1.32. The van der Waals surface area contributed by atoms with Crippen molar-refractivity contribution < 1.29 is 4.74 Å². The van der Waals surface area contributed by atoms with Gasteiger partial charge in [-0.2, -0.15) is 0 Å². The molecule has 1 aliphatic rings. The fraction of sp³-hybridized carbons (Fsp3) is 0.625. The van der Waals surface area contributed by atoms with E-state index in [-0.39, 0.29) is 0 Å².